The van der Waals surface area contributed by atoms with Gasteiger partial charge in [0.2, 0.25) is 0 Å². The molecule has 1 unspecified atom stereocenters. The van der Waals surface area contributed by atoms with Crippen molar-refractivity contribution in [3.05, 3.63) is 18.2 Å². The molecule has 17 heavy (non-hydrogen) atoms. The zero-order valence-corrected chi connectivity index (χ0v) is 10.6. The summed E-state index contributed by atoms with van der Waals surface area (Å²) in [6, 6.07) is 0.757. The Morgan fingerprint density at radius 1 is 1.41 bits per heavy atom. The first-order valence-corrected chi connectivity index (χ1v) is 6.76. The highest BCUT2D eigenvalue weighted by molar-refractivity contribution is 4.92. The second-order valence-electron chi connectivity index (χ2n) is 5.37. The van der Waals surface area contributed by atoms with Crippen LogP contribution in [0.5, 0.6) is 0 Å². The quantitative estimate of drug-likeness (QED) is 0.839. The molecule has 3 rings (SSSR count). The molecular formula is C13H22N4. The Morgan fingerprint density at radius 3 is 3.00 bits per heavy atom. The minimum Gasteiger partial charge on any atom is -0.334 e. The summed E-state index contributed by atoms with van der Waals surface area (Å²) in [5.41, 5.74) is 0. The van der Waals surface area contributed by atoms with E-state index < -0.39 is 0 Å². The van der Waals surface area contributed by atoms with E-state index in [1.54, 1.807) is 0 Å². The largest absolute Gasteiger partial charge is 0.334 e. The van der Waals surface area contributed by atoms with Crippen LogP contribution < -0.4 is 5.32 Å². The summed E-state index contributed by atoms with van der Waals surface area (Å²) in [5, 5.41) is 3.65. The standard InChI is InChI=1S/C13H22N4/c1-11-14-5-7-17(11)9-8-16-6-4-15-13(10-16)12-2-3-12/h5,7,12-13,15H,2-4,6,8-10H2,1H3. The van der Waals surface area contributed by atoms with Crippen molar-refractivity contribution in [2.24, 2.45) is 5.92 Å². The van der Waals surface area contributed by atoms with Crippen LogP contribution in [-0.2, 0) is 6.54 Å². The molecule has 0 spiro atoms. The predicted octanol–water partition coefficient (Wildman–Crippen LogP) is 0.875. The third kappa shape index (κ3) is 2.69. The summed E-state index contributed by atoms with van der Waals surface area (Å²) in [4.78, 5) is 6.86. The van der Waals surface area contributed by atoms with Gasteiger partial charge in [-0.3, -0.25) is 4.90 Å². The first kappa shape index (κ1) is 11.2. The summed E-state index contributed by atoms with van der Waals surface area (Å²) < 4.78 is 2.24. The van der Waals surface area contributed by atoms with Gasteiger partial charge in [0, 0.05) is 51.2 Å². The molecule has 0 bridgehead atoms. The minimum absolute atomic E-state index is 0.757. The molecule has 4 nitrogen and oxygen atoms in total. The van der Waals surface area contributed by atoms with Crippen molar-refractivity contribution >= 4 is 0 Å². The lowest BCUT2D eigenvalue weighted by molar-refractivity contribution is 0.182. The van der Waals surface area contributed by atoms with Gasteiger partial charge in [-0.15, -0.1) is 0 Å². The summed E-state index contributed by atoms with van der Waals surface area (Å²) in [5.74, 6) is 2.09. The first-order chi connectivity index (χ1) is 8.33. The molecular weight excluding hydrogens is 212 g/mol. The molecule has 0 amide bonds. The summed E-state index contributed by atoms with van der Waals surface area (Å²) >= 11 is 0. The topological polar surface area (TPSA) is 33.1 Å². The highest BCUT2D eigenvalue weighted by Gasteiger charge is 2.33. The molecule has 94 valence electrons. The van der Waals surface area contributed by atoms with Gasteiger partial charge in [0.25, 0.3) is 0 Å². The van der Waals surface area contributed by atoms with E-state index in [0.29, 0.717) is 0 Å². The Hall–Kier alpha value is -0.870. The maximum absolute atomic E-state index is 4.27. The lowest BCUT2D eigenvalue weighted by Crippen LogP contribution is -2.52. The zero-order chi connectivity index (χ0) is 11.7. The molecule has 2 heterocycles. The third-order valence-electron chi connectivity index (χ3n) is 4.06. The number of aryl methyl sites for hydroxylation is 1. The van der Waals surface area contributed by atoms with Crippen LogP contribution in [0.4, 0.5) is 0 Å². The molecule has 1 saturated carbocycles. The maximum atomic E-state index is 4.27. The van der Waals surface area contributed by atoms with Crippen LogP contribution in [0.15, 0.2) is 12.4 Å². The number of piperazine rings is 1. The van der Waals surface area contributed by atoms with Crippen molar-refractivity contribution in [2.75, 3.05) is 26.2 Å². The van der Waals surface area contributed by atoms with Gasteiger partial charge in [0.15, 0.2) is 0 Å². The molecule has 1 atom stereocenters. The zero-order valence-electron chi connectivity index (χ0n) is 10.6. The van der Waals surface area contributed by atoms with Crippen LogP contribution in [0.2, 0.25) is 0 Å². The van der Waals surface area contributed by atoms with Crippen LogP contribution in [-0.4, -0.2) is 46.7 Å². The molecule has 1 saturated heterocycles. The van der Waals surface area contributed by atoms with Gasteiger partial charge in [-0.2, -0.15) is 0 Å². The van der Waals surface area contributed by atoms with Crippen molar-refractivity contribution in [3.8, 4) is 0 Å². The van der Waals surface area contributed by atoms with Crippen LogP contribution >= 0.6 is 0 Å². The molecule has 2 aliphatic rings. The molecule has 0 radical (unpaired) electrons. The molecule has 2 fully saturated rings. The Kier molecular flexibility index (Phi) is 3.16. The smallest absolute Gasteiger partial charge is 0.105 e. The number of nitrogens with zero attached hydrogens (tertiary/aromatic N) is 3. The minimum atomic E-state index is 0.757. The Morgan fingerprint density at radius 2 is 2.29 bits per heavy atom. The maximum Gasteiger partial charge on any atom is 0.105 e. The highest BCUT2D eigenvalue weighted by Crippen LogP contribution is 2.33. The van der Waals surface area contributed by atoms with Crippen molar-refractivity contribution in [3.63, 3.8) is 0 Å². The van der Waals surface area contributed by atoms with Crippen LogP contribution in [0.25, 0.3) is 0 Å². The molecule has 1 aromatic rings. The fourth-order valence-electron chi connectivity index (χ4n) is 2.75. The van der Waals surface area contributed by atoms with Gasteiger partial charge in [-0.1, -0.05) is 0 Å². The Bertz CT molecular complexity index is 369. The lowest BCUT2D eigenvalue weighted by Gasteiger charge is -2.34. The highest BCUT2D eigenvalue weighted by atomic mass is 15.2. The fraction of sp³-hybridized carbons (Fsp3) is 0.769. The lowest BCUT2D eigenvalue weighted by atomic mass is 10.1. The number of aromatic nitrogens is 2. The predicted molar refractivity (Wildman–Crippen MR) is 67.9 cm³/mol. The van der Waals surface area contributed by atoms with Gasteiger partial charge in [-0.05, 0) is 25.7 Å². The second-order valence-corrected chi connectivity index (χ2v) is 5.37. The van der Waals surface area contributed by atoms with Crippen LogP contribution in [0, 0.1) is 12.8 Å². The summed E-state index contributed by atoms with van der Waals surface area (Å²) in [6.07, 6.45) is 6.84. The number of hydrogen-bond donors (Lipinski definition) is 1. The van der Waals surface area contributed by atoms with Gasteiger partial charge < -0.3 is 9.88 Å². The van der Waals surface area contributed by atoms with Crippen LogP contribution in [0.1, 0.15) is 18.7 Å². The van der Waals surface area contributed by atoms with E-state index in [2.05, 4.69) is 32.9 Å². The molecule has 1 aliphatic carbocycles. The van der Waals surface area contributed by atoms with Crippen LogP contribution in [0.3, 0.4) is 0 Å². The molecule has 1 N–H and O–H groups in total. The molecule has 0 aromatic carbocycles. The number of rotatable bonds is 4. The summed E-state index contributed by atoms with van der Waals surface area (Å²) in [6.45, 7) is 7.88. The van der Waals surface area contributed by atoms with E-state index in [4.69, 9.17) is 0 Å². The SMILES string of the molecule is Cc1nccn1CCN1CCNC(C2CC2)C1. The van der Waals surface area contributed by atoms with E-state index in [1.165, 1.54) is 25.9 Å². The average Bonchev–Trinajstić information content (AvgIpc) is 3.12. The van der Waals surface area contributed by atoms with E-state index in [9.17, 15) is 0 Å². The van der Waals surface area contributed by atoms with Crippen molar-refractivity contribution in [2.45, 2.75) is 32.4 Å². The van der Waals surface area contributed by atoms with Gasteiger partial charge in [0.05, 0.1) is 0 Å². The van der Waals surface area contributed by atoms with Gasteiger partial charge in [0.1, 0.15) is 5.82 Å². The molecule has 1 aromatic heterocycles. The number of hydrogen-bond acceptors (Lipinski definition) is 3. The van der Waals surface area contributed by atoms with Crippen molar-refractivity contribution in [1.82, 2.24) is 19.8 Å². The van der Waals surface area contributed by atoms with Gasteiger partial charge >= 0.3 is 0 Å². The molecule has 4 heteroatoms. The van der Waals surface area contributed by atoms with Gasteiger partial charge in [-0.25, -0.2) is 4.98 Å². The second kappa shape index (κ2) is 4.78. The number of nitrogens with one attached hydrogen (secondary N) is 1. The average molecular weight is 234 g/mol. The Labute approximate surface area is 103 Å². The van der Waals surface area contributed by atoms with Crippen molar-refractivity contribution < 1.29 is 0 Å². The molecule has 1 aliphatic heterocycles. The van der Waals surface area contributed by atoms with E-state index in [1.807, 2.05) is 6.20 Å². The number of imidazole rings is 1. The third-order valence-corrected chi connectivity index (χ3v) is 4.06. The van der Waals surface area contributed by atoms with E-state index >= 15 is 0 Å². The van der Waals surface area contributed by atoms with E-state index in [0.717, 1.165) is 37.4 Å². The first-order valence-electron chi connectivity index (χ1n) is 6.76. The van der Waals surface area contributed by atoms with E-state index in [-0.39, 0.29) is 0 Å². The Balaban J connectivity index is 1.49. The normalized spacial score (nSPS) is 26.3. The fourth-order valence-corrected chi connectivity index (χ4v) is 2.75. The van der Waals surface area contributed by atoms with Crippen molar-refractivity contribution in [1.29, 1.82) is 0 Å². The monoisotopic (exact) mass is 234 g/mol. The summed E-state index contributed by atoms with van der Waals surface area (Å²) in [7, 11) is 0.